The number of rotatable bonds is 8. The summed E-state index contributed by atoms with van der Waals surface area (Å²) in [7, 11) is 0. The first-order valence-electron chi connectivity index (χ1n) is 21.0. The molecule has 0 saturated heterocycles. The molecule has 5 rings (SSSR count). The van der Waals surface area contributed by atoms with E-state index in [1.807, 2.05) is 64.1 Å². The number of aryl methyl sites for hydroxylation is 4. The van der Waals surface area contributed by atoms with Crippen LogP contribution in [-0.2, 0) is 34.5 Å². The van der Waals surface area contributed by atoms with Crippen molar-refractivity contribution in [1.82, 2.24) is 0 Å². The maximum Gasteiger partial charge on any atom is 0.343 e. The van der Waals surface area contributed by atoms with Crippen LogP contribution in [0.25, 0.3) is 0 Å². The number of hydrogen-bond donors (Lipinski definition) is 2. The molecular formula is C54H66O6. The standard InChI is InChI=1S/C54H66O6/c1-31-21-37(45(55)41(25-31)51(5,6)7)29-39-23-33(3)27-43(53(11,12)13)47(39)59-49(57)35-17-19-36(20-18-35)50(58)60-48-40(24-34(4)28-44(48)54(14,15)16)30-38-22-32(2)26-42(46(38)56)52(8,9)10/h17-28,55-56H,29-30H2,1-16H3. The largest absolute Gasteiger partial charge is 0.507 e. The van der Waals surface area contributed by atoms with Crippen molar-refractivity contribution in [3.63, 3.8) is 0 Å². The van der Waals surface area contributed by atoms with Gasteiger partial charge in [-0.1, -0.05) is 154 Å². The molecule has 0 amide bonds. The molecule has 0 atom stereocenters. The van der Waals surface area contributed by atoms with E-state index >= 15 is 0 Å². The van der Waals surface area contributed by atoms with Crippen molar-refractivity contribution in [2.45, 2.75) is 145 Å². The molecule has 0 aliphatic rings. The molecule has 0 bridgehead atoms. The van der Waals surface area contributed by atoms with Crippen molar-refractivity contribution in [3.05, 3.63) is 151 Å². The molecule has 2 N–H and O–H groups in total. The van der Waals surface area contributed by atoms with Crippen LogP contribution in [0.15, 0.2) is 72.8 Å². The van der Waals surface area contributed by atoms with Crippen LogP contribution in [0.4, 0.5) is 0 Å². The lowest BCUT2D eigenvalue weighted by Crippen LogP contribution is -2.19. The average molecular weight is 811 g/mol. The Balaban J connectivity index is 1.48. The Kier molecular flexibility index (Phi) is 12.6. The fraction of sp³-hybridized carbons (Fsp3) is 0.407. The number of carbonyl (C=O) groups excluding carboxylic acids is 2. The first-order valence-corrected chi connectivity index (χ1v) is 21.0. The van der Waals surface area contributed by atoms with E-state index in [9.17, 15) is 19.8 Å². The second-order valence-electron chi connectivity index (χ2n) is 21.0. The Morgan fingerprint density at radius 1 is 0.417 bits per heavy atom. The third-order valence-corrected chi connectivity index (χ3v) is 11.0. The molecule has 0 spiro atoms. The normalized spacial score (nSPS) is 12.4. The first-order chi connectivity index (χ1) is 27.5. The fourth-order valence-corrected chi connectivity index (χ4v) is 7.89. The van der Waals surface area contributed by atoms with Crippen molar-refractivity contribution in [3.8, 4) is 23.0 Å². The van der Waals surface area contributed by atoms with Gasteiger partial charge in [0.25, 0.3) is 0 Å². The Bertz CT molecular complexity index is 2270. The molecule has 5 aromatic carbocycles. The Hall–Kier alpha value is -5.36. The molecule has 0 fully saturated rings. The van der Waals surface area contributed by atoms with E-state index in [1.165, 1.54) is 0 Å². The van der Waals surface area contributed by atoms with Crippen molar-refractivity contribution < 1.29 is 29.3 Å². The van der Waals surface area contributed by atoms with Crippen LogP contribution >= 0.6 is 0 Å². The van der Waals surface area contributed by atoms with Crippen LogP contribution in [0.3, 0.4) is 0 Å². The highest BCUT2D eigenvalue weighted by Crippen LogP contribution is 2.42. The summed E-state index contributed by atoms with van der Waals surface area (Å²) in [6.07, 6.45) is 0.737. The Morgan fingerprint density at radius 3 is 0.933 bits per heavy atom. The van der Waals surface area contributed by atoms with Gasteiger partial charge in [-0.2, -0.15) is 0 Å². The Labute approximate surface area is 359 Å². The van der Waals surface area contributed by atoms with Crippen LogP contribution in [-0.4, -0.2) is 22.2 Å². The highest BCUT2D eigenvalue weighted by Gasteiger charge is 2.29. The van der Waals surface area contributed by atoms with Crippen molar-refractivity contribution in [2.75, 3.05) is 0 Å². The summed E-state index contributed by atoms with van der Waals surface area (Å²) in [6, 6.07) is 22.5. The Morgan fingerprint density at radius 2 is 0.667 bits per heavy atom. The molecule has 6 heteroatoms. The van der Waals surface area contributed by atoms with Gasteiger partial charge in [-0.15, -0.1) is 0 Å². The van der Waals surface area contributed by atoms with E-state index in [2.05, 4.69) is 95.2 Å². The minimum atomic E-state index is -0.558. The zero-order valence-corrected chi connectivity index (χ0v) is 38.9. The number of hydrogen-bond acceptors (Lipinski definition) is 6. The maximum absolute atomic E-state index is 14.0. The van der Waals surface area contributed by atoms with E-state index in [4.69, 9.17) is 9.47 Å². The van der Waals surface area contributed by atoms with Gasteiger partial charge in [0, 0.05) is 35.1 Å². The second kappa shape index (κ2) is 16.6. The van der Waals surface area contributed by atoms with E-state index in [1.54, 1.807) is 24.3 Å². The molecule has 6 nitrogen and oxygen atoms in total. The topological polar surface area (TPSA) is 93.1 Å². The predicted octanol–water partition coefficient (Wildman–Crippen LogP) is 13.1. The zero-order valence-electron chi connectivity index (χ0n) is 38.9. The lowest BCUT2D eigenvalue weighted by molar-refractivity contribution is 0.0716. The minimum absolute atomic E-state index is 0.252. The van der Waals surface area contributed by atoms with Gasteiger partial charge in [-0.05, 0) is 95.9 Å². The van der Waals surface area contributed by atoms with Crippen molar-refractivity contribution >= 4 is 11.9 Å². The summed E-state index contributed by atoms with van der Waals surface area (Å²) < 4.78 is 12.6. The summed E-state index contributed by atoms with van der Waals surface area (Å²) in [5.41, 5.74) is 10.1. The van der Waals surface area contributed by atoms with Crippen LogP contribution in [0.5, 0.6) is 23.0 Å². The molecule has 0 unspecified atom stereocenters. The van der Waals surface area contributed by atoms with Crippen LogP contribution in [0.1, 0.15) is 171 Å². The number of phenols is 2. The van der Waals surface area contributed by atoms with E-state index in [-0.39, 0.29) is 44.3 Å². The zero-order chi connectivity index (χ0) is 44.9. The number of phenolic OH excluding ortho intramolecular Hbond substituents is 2. The van der Waals surface area contributed by atoms with Gasteiger partial charge < -0.3 is 19.7 Å². The highest BCUT2D eigenvalue weighted by molar-refractivity contribution is 5.95. The molecule has 0 aliphatic carbocycles. The molecule has 0 aliphatic heterocycles. The lowest BCUT2D eigenvalue weighted by Gasteiger charge is -2.26. The van der Waals surface area contributed by atoms with Crippen molar-refractivity contribution in [1.29, 1.82) is 0 Å². The lowest BCUT2D eigenvalue weighted by atomic mass is 9.81. The minimum Gasteiger partial charge on any atom is -0.507 e. The summed E-state index contributed by atoms with van der Waals surface area (Å²) >= 11 is 0. The maximum atomic E-state index is 14.0. The summed E-state index contributed by atoms with van der Waals surface area (Å²) in [5.74, 6) is 0.325. The van der Waals surface area contributed by atoms with Crippen LogP contribution < -0.4 is 9.47 Å². The molecule has 318 valence electrons. The number of benzene rings is 5. The van der Waals surface area contributed by atoms with Gasteiger partial charge in [0.1, 0.15) is 23.0 Å². The number of ether oxygens (including phenoxy) is 2. The summed E-state index contributed by atoms with van der Waals surface area (Å²) in [5, 5.41) is 22.9. The molecular weight excluding hydrogens is 745 g/mol. The highest BCUT2D eigenvalue weighted by atomic mass is 16.5. The van der Waals surface area contributed by atoms with Crippen molar-refractivity contribution in [2.24, 2.45) is 0 Å². The van der Waals surface area contributed by atoms with E-state index in [0.717, 1.165) is 66.8 Å². The average Bonchev–Trinajstić information content (AvgIpc) is 3.11. The quantitative estimate of drug-likeness (QED) is 0.120. The van der Waals surface area contributed by atoms with Gasteiger partial charge in [0.2, 0.25) is 0 Å². The van der Waals surface area contributed by atoms with Gasteiger partial charge >= 0.3 is 11.9 Å². The predicted molar refractivity (Wildman–Crippen MR) is 245 cm³/mol. The van der Waals surface area contributed by atoms with E-state index < -0.39 is 11.9 Å². The molecule has 0 heterocycles. The third-order valence-electron chi connectivity index (χ3n) is 11.0. The SMILES string of the molecule is Cc1cc(Cc2cc(C)cc(C(C)(C)C)c2OC(=O)c2ccc(C(=O)Oc3c(Cc4cc(C)cc(C(C)(C)C)c4O)cc(C)cc3C(C)(C)C)cc2)c(O)c(C(C)(C)C)c1. The molecule has 0 saturated carbocycles. The summed E-state index contributed by atoms with van der Waals surface area (Å²) in [6.45, 7) is 33.1. The molecule has 0 radical (unpaired) electrons. The van der Waals surface area contributed by atoms with Gasteiger partial charge in [-0.25, -0.2) is 9.59 Å². The molecule has 60 heavy (non-hydrogen) atoms. The van der Waals surface area contributed by atoms with Gasteiger partial charge in [-0.3, -0.25) is 0 Å². The monoisotopic (exact) mass is 810 g/mol. The van der Waals surface area contributed by atoms with Crippen LogP contribution in [0.2, 0.25) is 0 Å². The number of carbonyl (C=O) groups is 2. The third kappa shape index (κ3) is 10.3. The van der Waals surface area contributed by atoms with Gasteiger partial charge in [0.15, 0.2) is 0 Å². The van der Waals surface area contributed by atoms with E-state index in [0.29, 0.717) is 24.3 Å². The smallest absolute Gasteiger partial charge is 0.343 e. The first kappa shape index (κ1) is 45.7. The molecule has 5 aromatic rings. The number of esters is 2. The fourth-order valence-electron chi connectivity index (χ4n) is 7.89. The second-order valence-corrected chi connectivity index (χ2v) is 21.0. The number of aromatic hydroxyl groups is 2. The van der Waals surface area contributed by atoms with Gasteiger partial charge in [0.05, 0.1) is 11.1 Å². The van der Waals surface area contributed by atoms with Crippen LogP contribution in [0, 0.1) is 27.7 Å². The molecule has 0 aromatic heterocycles. The summed E-state index contributed by atoms with van der Waals surface area (Å²) in [4.78, 5) is 28.0.